The molecule has 1 saturated carbocycles. The summed E-state index contributed by atoms with van der Waals surface area (Å²) in [4.78, 5) is 15.2. The second kappa shape index (κ2) is 5.14. The third-order valence-corrected chi connectivity index (χ3v) is 6.97. The number of amides is 1. The molecule has 2 heterocycles. The SMILES string of the molecule is CC1CN(C(=O)C2(N)C3CCCOC3C2(C)C)CC(C)S1. The average Bonchev–Trinajstić information content (AvgIpc) is 2.44. The average molecular weight is 312 g/mol. The van der Waals surface area contributed by atoms with Gasteiger partial charge in [-0.25, -0.2) is 0 Å². The highest BCUT2D eigenvalue weighted by atomic mass is 32.2. The predicted molar refractivity (Wildman–Crippen MR) is 86.3 cm³/mol. The van der Waals surface area contributed by atoms with Crippen molar-refractivity contribution in [3.05, 3.63) is 0 Å². The smallest absolute Gasteiger partial charge is 0.243 e. The van der Waals surface area contributed by atoms with Crippen LogP contribution in [-0.4, -0.2) is 52.6 Å². The fourth-order valence-electron chi connectivity index (χ4n) is 4.62. The van der Waals surface area contributed by atoms with Gasteiger partial charge in [0.05, 0.1) is 6.10 Å². The summed E-state index contributed by atoms with van der Waals surface area (Å²) >= 11 is 1.96. The lowest BCUT2D eigenvalue weighted by atomic mass is 9.46. The number of nitrogens with two attached hydrogens (primary N) is 1. The Bertz CT molecular complexity index is 432. The van der Waals surface area contributed by atoms with Crippen molar-refractivity contribution in [2.45, 2.75) is 62.7 Å². The Balaban J connectivity index is 1.82. The molecule has 0 spiro atoms. The second-order valence-electron chi connectivity index (χ2n) is 7.60. The molecule has 1 amide bonds. The van der Waals surface area contributed by atoms with Crippen molar-refractivity contribution in [3.8, 4) is 0 Å². The highest BCUT2D eigenvalue weighted by Gasteiger charge is 2.70. The van der Waals surface area contributed by atoms with Gasteiger partial charge in [-0.2, -0.15) is 11.8 Å². The van der Waals surface area contributed by atoms with Crippen molar-refractivity contribution in [2.75, 3.05) is 19.7 Å². The zero-order chi connectivity index (χ0) is 15.4. The third-order valence-electron chi connectivity index (χ3n) is 5.75. The molecule has 0 bridgehead atoms. The van der Waals surface area contributed by atoms with Gasteiger partial charge in [0, 0.05) is 41.5 Å². The van der Waals surface area contributed by atoms with Gasteiger partial charge >= 0.3 is 0 Å². The molecule has 2 saturated heterocycles. The van der Waals surface area contributed by atoms with Gasteiger partial charge in [-0.3, -0.25) is 4.79 Å². The van der Waals surface area contributed by atoms with E-state index >= 15 is 0 Å². The van der Waals surface area contributed by atoms with E-state index in [1.807, 2.05) is 16.7 Å². The topological polar surface area (TPSA) is 55.6 Å². The number of thioether (sulfide) groups is 1. The summed E-state index contributed by atoms with van der Waals surface area (Å²) in [5.74, 6) is 0.340. The predicted octanol–water partition coefficient (Wildman–Crippen LogP) is 1.87. The van der Waals surface area contributed by atoms with Gasteiger partial charge in [-0.05, 0) is 12.8 Å². The zero-order valence-electron chi connectivity index (χ0n) is 13.6. The number of nitrogens with zero attached hydrogens (tertiary/aromatic N) is 1. The molecule has 0 aromatic rings. The van der Waals surface area contributed by atoms with Crippen LogP contribution in [0.15, 0.2) is 0 Å². The van der Waals surface area contributed by atoms with E-state index in [0.29, 0.717) is 10.5 Å². The van der Waals surface area contributed by atoms with Gasteiger partial charge in [0.15, 0.2) is 0 Å². The van der Waals surface area contributed by atoms with Crippen molar-refractivity contribution in [1.82, 2.24) is 4.90 Å². The Morgan fingerprint density at radius 2 is 1.90 bits per heavy atom. The summed E-state index contributed by atoms with van der Waals surface area (Å²) in [7, 11) is 0. The van der Waals surface area contributed by atoms with Gasteiger partial charge in [0.25, 0.3) is 0 Å². The van der Waals surface area contributed by atoms with E-state index < -0.39 is 5.54 Å². The monoisotopic (exact) mass is 312 g/mol. The van der Waals surface area contributed by atoms with Gasteiger partial charge < -0.3 is 15.4 Å². The van der Waals surface area contributed by atoms with Crippen LogP contribution in [0.1, 0.15) is 40.5 Å². The van der Waals surface area contributed by atoms with Gasteiger partial charge in [-0.15, -0.1) is 0 Å². The number of hydrogen-bond donors (Lipinski definition) is 1. The molecule has 2 aliphatic heterocycles. The van der Waals surface area contributed by atoms with E-state index in [9.17, 15) is 4.79 Å². The van der Waals surface area contributed by atoms with Crippen LogP contribution in [0.25, 0.3) is 0 Å². The molecule has 4 nitrogen and oxygen atoms in total. The number of rotatable bonds is 1. The van der Waals surface area contributed by atoms with E-state index in [-0.39, 0.29) is 23.3 Å². The molecule has 0 aromatic carbocycles. The lowest BCUT2D eigenvalue weighted by Crippen LogP contribution is -2.82. The zero-order valence-corrected chi connectivity index (χ0v) is 14.4. The van der Waals surface area contributed by atoms with E-state index in [2.05, 4.69) is 27.7 Å². The number of carbonyl (C=O) groups excluding carboxylic acids is 1. The molecule has 1 aliphatic carbocycles. The van der Waals surface area contributed by atoms with Crippen LogP contribution in [0.4, 0.5) is 0 Å². The first kappa shape index (κ1) is 15.6. The van der Waals surface area contributed by atoms with Crippen LogP contribution in [0, 0.1) is 11.3 Å². The van der Waals surface area contributed by atoms with Crippen LogP contribution in [0.3, 0.4) is 0 Å². The molecular formula is C16H28N2O2S. The summed E-state index contributed by atoms with van der Waals surface area (Å²) in [6.07, 6.45) is 2.19. The maximum Gasteiger partial charge on any atom is 0.243 e. The highest BCUT2D eigenvalue weighted by Crippen LogP contribution is 2.58. The standard InChI is InChI=1S/C16H28N2O2S/c1-10-8-18(9-11(2)21-10)14(19)16(17)12-6-5-7-20-13(12)15(16,3)4/h10-13H,5-9,17H2,1-4H3. The Kier molecular flexibility index (Phi) is 3.82. The molecule has 5 heteroatoms. The molecule has 5 atom stereocenters. The van der Waals surface area contributed by atoms with Crippen molar-refractivity contribution in [2.24, 2.45) is 17.1 Å². The van der Waals surface area contributed by atoms with Crippen LogP contribution in [-0.2, 0) is 9.53 Å². The minimum atomic E-state index is -0.750. The minimum Gasteiger partial charge on any atom is -0.377 e. The van der Waals surface area contributed by atoms with Gasteiger partial charge in [-0.1, -0.05) is 27.7 Å². The normalized spacial score (nSPS) is 45.7. The molecular weight excluding hydrogens is 284 g/mol. The molecule has 120 valence electrons. The second-order valence-corrected chi connectivity index (χ2v) is 9.48. The van der Waals surface area contributed by atoms with Crippen LogP contribution in [0.2, 0.25) is 0 Å². The van der Waals surface area contributed by atoms with E-state index in [1.54, 1.807) is 0 Å². The quantitative estimate of drug-likeness (QED) is 0.803. The lowest BCUT2D eigenvalue weighted by Gasteiger charge is -2.66. The summed E-state index contributed by atoms with van der Waals surface area (Å²) in [6, 6.07) is 0. The van der Waals surface area contributed by atoms with Crippen molar-refractivity contribution in [3.63, 3.8) is 0 Å². The first-order valence-corrected chi connectivity index (χ1v) is 9.08. The molecule has 3 aliphatic rings. The molecule has 0 aromatic heterocycles. The van der Waals surface area contributed by atoms with Crippen molar-refractivity contribution < 1.29 is 9.53 Å². The van der Waals surface area contributed by atoms with Crippen molar-refractivity contribution >= 4 is 17.7 Å². The molecule has 5 unspecified atom stereocenters. The largest absolute Gasteiger partial charge is 0.377 e. The molecule has 3 rings (SSSR count). The fraction of sp³-hybridized carbons (Fsp3) is 0.938. The van der Waals surface area contributed by atoms with Gasteiger partial charge in [0.1, 0.15) is 5.54 Å². The Morgan fingerprint density at radius 1 is 1.29 bits per heavy atom. The molecule has 0 radical (unpaired) electrons. The van der Waals surface area contributed by atoms with Crippen molar-refractivity contribution in [1.29, 1.82) is 0 Å². The fourth-order valence-corrected chi connectivity index (χ4v) is 5.94. The Hall–Kier alpha value is -0.260. The molecule has 21 heavy (non-hydrogen) atoms. The minimum absolute atomic E-state index is 0.147. The van der Waals surface area contributed by atoms with Crippen LogP contribution >= 0.6 is 11.8 Å². The number of fused-ring (bicyclic) bond motifs is 1. The summed E-state index contributed by atoms with van der Waals surface area (Å²) in [5, 5.41) is 0.978. The highest BCUT2D eigenvalue weighted by molar-refractivity contribution is 8.00. The maximum absolute atomic E-state index is 13.2. The Labute approximate surface area is 132 Å². The number of ether oxygens (including phenoxy) is 1. The van der Waals surface area contributed by atoms with Crippen LogP contribution in [0.5, 0.6) is 0 Å². The summed E-state index contributed by atoms with van der Waals surface area (Å²) in [6.45, 7) is 11.0. The molecule has 2 N–H and O–H groups in total. The third kappa shape index (κ3) is 2.15. The number of hydrogen-bond acceptors (Lipinski definition) is 4. The van der Waals surface area contributed by atoms with E-state index in [4.69, 9.17) is 10.5 Å². The lowest BCUT2D eigenvalue weighted by molar-refractivity contribution is -0.230. The number of carbonyl (C=O) groups is 1. The summed E-state index contributed by atoms with van der Waals surface area (Å²) < 4.78 is 5.91. The van der Waals surface area contributed by atoms with E-state index in [0.717, 1.165) is 32.5 Å². The molecule has 3 fully saturated rings. The Morgan fingerprint density at radius 3 is 2.52 bits per heavy atom. The first-order valence-electron chi connectivity index (χ1n) is 8.13. The van der Waals surface area contributed by atoms with Crippen LogP contribution < -0.4 is 5.73 Å². The maximum atomic E-state index is 13.2. The summed E-state index contributed by atoms with van der Waals surface area (Å²) in [5.41, 5.74) is 5.70. The van der Waals surface area contributed by atoms with Gasteiger partial charge in [0.2, 0.25) is 5.91 Å². The first-order chi connectivity index (χ1) is 9.78. The van der Waals surface area contributed by atoms with E-state index in [1.165, 1.54) is 0 Å².